The van der Waals surface area contributed by atoms with Crippen LogP contribution in [0.4, 0.5) is 10.1 Å². The second-order valence-electron chi connectivity index (χ2n) is 6.18. The van der Waals surface area contributed by atoms with Crippen LogP contribution in [0.25, 0.3) is 11.3 Å². The number of aromatic nitrogens is 2. The average molecular weight is 369 g/mol. The first kappa shape index (κ1) is 18.2. The number of amides is 1. The number of carbonyl (C=O) groups excluding carboxylic acids is 1. The molecule has 3 aromatic rings. The molecular weight excluding hydrogens is 349 g/mol. The van der Waals surface area contributed by atoms with Crippen molar-refractivity contribution in [3.05, 3.63) is 65.6 Å². The zero-order valence-electron chi connectivity index (χ0n) is 14.8. The monoisotopic (exact) mass is 369 g/mol. The number of hydrogen-bond donors (Lipinski definition) is 2. The van der Waals surface area contributed by atoms with Gasteiger partial charge in [0, 0.05) is 5.69 Å². The number of imidazole rings is 1. The van der Waals surface area contributed by atoms with E-state index >= 15 is 0 Å². The number of nitrogens with one attached hydrogen (secondary N) is 2. The molecule has 0 aliphatic heterocycles. The van der Waals surface area contributed by atoms with Crippen molar-refractivity contribution < 1.29 is 9.18 Å². The minimum atomic E-state index is -0.317. The van der Waals surface area contributed by atoms with Crippen LogP contribution >= 0.6 is 11.8 Å². The first-order valence-corrected chi connectivity index (χ1v) is 9.16. The topological polar surface area (TPSA) is 57.8 Å². The molecule has 4 nitrogen and oxygen atoms in total. The van der Waals surface area contributed by atoms with E-state index in [0.717, 1.165) is 28.1 Å². The molecule has 0 spiro atoms. The van der Waals surface area contributed by atoms with Crippen LogP contribution < -0.4 is 5.32 Å². The Bertz CT molecular complexity index is 921. The molecule has 0 saturated heterocycles. The van der Waals surface area contributed by atoms with Gasteiger partial charge in [0.1, 0.15) is 5.82 Å². The summed E-state index contributed by atoms with van der Waals surface area (Å²) in [6, 6.07) is 12.2. The van der Waals surface area contributed by atoms with Gasteiger partial charge in [-0.2, -0.15) is 0 Å². The molecule has 0 fully saturated rings. The summed E-state index contributed by atoms with van der Waals surface area (Å²) < 4.78 is 13.0. The number of thioether (sulfide) groups is 1. The zero-order valence-corrected chi connectivity index (χ0v) is 15.7. The fourth-order valence-electron chi connectivity index (χ4n) is 2.46. The summed E-state index contributed by atoms with van der Waals surface area (Å²) in [6.45, 7) is 5.80. The van der Waals surface area contributed by atoms with Crippen molar-refractivity contribution in [2.45, 2.75) is 31.2 Å². The van der Waals surface area contributed by atoms with Crippen LogP contribution in [0.2, 0.25) is 0 Å². The summed E-state index contributed by atoms with van der Waals surface area (Å²) in [5.41, 5.74) is 4.58. The molecule has 1 atom stereocenters. The third-order valence-corrected chi connectivity index (χ3v) is 5.01. The molecule has 134 valence electrons. The first-order valence-electron chi connectivity index (χ1n) is 8.28. The third kappa shape index (κ3) is 4.32. The lowest BCUT2D eigenvalue weighted by atomic mass is 10.1. The van der Waals surface area contributed by atoms with Crippen molar-refractivity contribution in [1.29, 1.82) is 0 Å². The van der Waals surface area contributed by atoms with Gasteiger partial charge in [-0.1, -0.05) is 23.9 Å². The van der Waals surface area contributed by atoms with Crippen LogP contribution in [0.15, 0.2) is 53.8 Å². The Morgan fingerprint density at radius 3 is 2.65 bits per heavy atom. The van der Waals surface area contributed by atoms with Gasteiger partial charge >= 0.3 is 0 Å². The number of benzene rings is 2. The minimum absolute atomic E-state index is 0.0802. The molecular formula is C20H20FN3OS. The summed E-state index contributed by atoms with van der Waals surface area (Å²) in [4.78, 5) is 20.0. The molecule has 1 amide bonds. The highest BCUT2D eigenvalue weighted by Crippen LogP contribution is 2.26. The number of hydrogen-bond acceptors (Lipinski definition) is 3. The zero-order chi connectivity index (χ0) is 18.7. The largest absolute Gasteiger partial charge is 0.333 e. The quantitative estimate of drug-likeness (QED) is 0.626. The molecule has 0 aliphatic carbocycles. The lowest BCUT2D eigenvalue weighted by molar-refractivity contribution is -0.115. The molecule has 2 aromatic carbocycles. The molecule has 2 N–H and O–H groups in total. The van der Waals surface area contributed by atoms with Gasteiger partial charge in [-0.15, -0.1) is 0 Å². The number of rotatable bonds is 5. The van der Waals surface area contributed by atoms with Gasteiger partial charge in [-0.25, -0.2) is 9.37 Å². The Balaban J connectivity index is 1.66. The fourth-order valence-corrected chi connectivity index (χ4v) is 3.25. The third-order valence-electron chi connectivity index (χ3n) is 4.02. The second-order valence-corrected chi connectivity index (χ2v) is 7.51. The number of carbonyl (C=O) groups is 1. The normalized spacial score (nSPS) is 12.0. The number of nitrogens with zero attached hydrogens (tertiary/aromatic N) is 1. The van der Waals surface area contributed by atoms with Gasteiger partial charge < -0.3 is 10.3 Å². The maximum atomic E-state index is 13.0. The Morgan fingerprint density at radius 2 is 1.92 bits per heavy atom. The van der Waals surface area contributed by atoms with Gasteiger partial charge in [0.2, 0.25) is 5.91 Å². The Hall–Kier alpha value is -2.60. The van der Waals surface area contributed by atoms with Gasteiger partial charge in [0.15, 0.2) is 5.16 Å². The Labute approximate surface area is 156 Å². The minimum Gasteiger partial charge on any atom is -0.333 e. The standard InChI is InChI=1S/C20H20FN3OS/c1-12-4-5-13(2)17(10-12)23-19(25)14(3)26-20-22-11-18(24-20)15-6-8-16(21)9-7-15/h4-11,14H,1-3H3,(H,22,24)(H,23,25). The molecule has 1 unspecified atom stereocenters. The first-order chi connectivity index (χ1) is 12.4. The molecule has 0 bridgehead atoms. The van der Waals surface area contributed by atoms with E-state index in [2.05, 4.69) is 15.3 Å². The van der Waals surface area contributed by atoms with Crippen molar-refractivity contribution >= 4 is 23.4 Å². The van der Waals surface area contributed by atoms with Crippen molar-refractivity contribution in [2.24, 2.45) is 0 Å². The summed E-state index contributed by atoms with van der Waals surface area (Å²) in [7, 11) is 0. The Kier molecular flexibility index (Phi) is 5.42. The van der Waals surface area contributed by atoms with Gasteiger partial charge in [-0.05, 0) is 67.8 Å². The summed E-state index contributed by atoms with van der Waals surface area (Å²) in [5, 5.41) is 3.30. The highest BCUT2D eigenvalue weighted by atomic mass is 32.2. The van der Waals surface area contributed by atoms with Crippen LogP contribution in [0.1, 0.15) is 18.1 Å². The number of anilines is 1. The summed E-state index contributed by atoms with van der Waals surface area (Å²) >= 11 is 1.35. The molecule has 26 heavy (non-hydrogen) atoms. The lowest BCUT2D eigenvalue weighted by Gasteiger charge is -2.13. The SMILES string of the molecule is Cc1ccc(C)c(NC(=O)C(C)Sc2ncc(-c3ccc(F)cc3)[nH]2)c1. The summed E-state index contributed by atoms with van der Waals surface area (Å²) in [5.74, 6) is -0.358. The van der Waals surface area contributed by atoms with E-state index in [1.807, 2.05) is 39.0 Å². The molecule has 0 radical (unpaired) electrons. The predicted octanol–water partition coefficient (Wildman–Crippen LogP) is 4.95. The van der Waals surface area contributed by atoms with Crippen LogP contribution in [0.5, 0.6) is 0 Å². The molecule has 6 heteroatoms. The van der Waals surface area contributed by atoms with E-state index in [0.29, 0.717) is 5.16 Å². The summed E-state index contributed by atoms with van der Waals surface area (Å²) in [6.07, 6.45) is 1.69. The van der Waals surface area contributed by atoms with Crippen molar-refractivity contribution in [2.75, 3.05) is 5.32 Å². The Morgan fingerprint density at radius 1 is 1.19 bits per heavy atom. The van der Waals surface area contributed by atoms with E-state index in [1.54, 1.807) is 18.3 Å². The van der Waals surface area contributed by atoms with E-state index in [4.69, 9.17) is 0 Å². The lowest BCUT2D eigenvalue weighted by Crippen LogP contribution is -2.23. The maximum absolute atomic E-state index is 13.0. The average Bonchev–Trinajstić information content (AvgIpc) is 3.07. The number of aromatic amines is 1. The van der Waals surface area contributed by atoms with Crippen LogP contribution in [-0.2, 0) is 4.79 Å². The van der Waals surface area contributed by atoms with Gasteiger partial charge in [0.25, 0.3) is 0 Å². The maximum Gasteiger partial charge on any atom is 0.237 e. The number of halogens is 1. The molecule has 0 saturated carbocycles. The number of aryl methyl sites for hydroxylation is 2. The van der Waals surface area contributed by atoms with Crippen molar-refractivity contribution in [3.63, 3.8) is 0 Å². The highest BCUT2D eigenvalue weighted by molar-refractivity contribution is 8.00. The highest BCUT2D eigenvalue weighted by Gasteiger charge is 2.17. The molecule has 0 aliphatic rings. The molecule has 1 aromatic heterocycles. The van der Waals surface area contributed by atoms with Crippen LogP contribution in [0, 0.1) is 19.7 Å². The molecule has 1 heterocycles. The molecule has 3 rings (SSSR count). The van der Waals surface area contributed by atoms with Crippen molar-refractivity contribution in [1.82, 2.24) is 9.97 Å². The van der Waals surface area contributed by atoms with Crippen LogP contribution in [0.3, 0.4) is 0 Å². The number of H-pyrrole nitrogens is 1. The van der Waals surface area contributed by atoms with Crippen LogP contribution in [-0.4, -0.2) is 21.1 Å². The smallest absolute Gasteiger partial charge is 0.237 e. The van der Waals surface area contributed by atoms with E-state index < -0.39 is 0 Å². The van der Waals surface area contributed by atoms with E-state index in [-0.39, 0.29) is 17.0 Å². The van der Waals surface area contributed by atoms with Gasteiger partial charge in [0.05, 0.1) is 17.1 Å². The predicted molar refractivity (Wildman–Crippen MR) is 104 cm³/mol. The van der Waals surface area contributed by atoms with E-state index in [9.17, 15) is 9.18 Å². The fraction of sp³-hybridized carbons (Fsp3) is 0.200. The van der Waals surface area contributed by atoms with Gasteiger partial charge in [-0.3, -0.25) is 4.79 Å². The second kappa shape index (κ2) is 7.74. The van der Waals surface area contributed by atoms with E-state index in [1.165, 1.54) is 23.9 Å². The van der Waals surface area contributed by atoms with Crippen molar-refractivity contribution in [3.8, 4) is 11.3 Å².